The minimum atomic E-state index is -0.589. The molecule has 6 heteroatoms. The summed E-state index contributed by atoms with van der Waals surface area (Å²) in [7, 11) is 0. The van der Waals surface area contributed by atoms with Crippen LogP contribution in [-0.2, 0) is 4.79 Å². The predicted molar refractivity (Wildman–Crippen MR) is 78.4 cm³/mol. The zero-order chi connectivity index (χ0) is 13.7. The quantitative estimate of drug-likeness (QED) is 0.811. The fraction of sp³-hybridized carbons (Fsp3) is 0.583. The molecular formula is C12H18IN3O2. The zero-order valence-corrected chi connectivity index (χ0v) is 13.0. The molecule has 1 heterocycles. The molecule has 0 radical (unpaired) electrons. The molecule has 1 rings (SSSR count). The summed E-state index contributed by atoms with van der Waals surface area (Å²) in [5.41, 5.74) is -0.257. The van der Waals surface area contributed by atoms with Gasteiger partial charge in [0.25, 0.3) is 5.56 Å². The van der Waals surface area contributed by atoms with Crippen LogP contribution >= 0.6 is 22.6 Å². The summed E-state index contributed by atoms with van der Waals surface area (Å²) in [5.74, 6) is -0.174. The van der Waals surface area contributed by atoms with Gasteiger partial charge in [0.05, 0.1) is 6.20 Å². The van der Waals surface area contributed by atoms with Crippen molar-refractivity contribution in [3.63, 3.8) is 0 Å². The monoisotopic (exact) mass is 363 g/mol. The number of hydrogen-bond acceptors (Lipinski definition) is 3. The van der Waals surface area contributed by atoms with Gasteiger partial charge in [0.1, 0.15) is 6.04 Å². The third-order valence-corrected chi connectivity index (χ3v) is 3.24. The summed E-state index contributed by atoms with van der Waals surface area (Å²) in [4.78, 5) is 23.7. The van der Waals surface area contributed by atoms with E-state index < -0.39 is 6.04 Å². The first kappa shape index (κ1) is 15.1. The number of amides is 1. The molecule has 18 heavy (non-hydrogen) atoms. The number of hydrogen-bond donors (Lipinski definition) is 1. The van der Waals surface area contributed by atoms with Gasteiger partial charge in [-0.15, -0.1) is 0 Å². The molecule has 5 nitrogen and oxygen atoms in total. The van der Waals surface area contributed by atoms with Crippen molar-refractivity contribution in [1.29, 1.82) is 0 Å². The molecule has 0 aliphatic rings. The first-order chi connectivity index (χ1) is 8.45. The Labute approximate surface area is 120 Å². The number of carbonyl (C=O) groups excluding carboxylic acids is 1. The second-order valence-electron chi connectivity index (χ2n) is 4.33. The molecule has 1 aromatic rings. The maximum atomic E-state index is 12.0. The van der Waals surface area contributed by atoms with Gasteiger partial charge < -0.3 is 5.32 Å². The fourth-order valence-corrected chi connectivity index (χ4v) is 2.06. The summed E-state index contributed by atoms with van der Waals surface area (Å²) in [6.07, 6.45) is 3.51. The summed E-state index contributed by atoms with van der Waals surface area (Å²) < 4.78 is 1.97. The molecule has 0 aliphatic carbocycles. The second kappa shape index (κ2) is 6.86. The molecule has 2 atom stereocenters. The van der Waals surface area contributed by atoms with Crippen LogP contribution in [0.5, 0.6) is 0 Å². The van der Waals surface area contributed by atoms with E-state index in [1.165, 1.54) is 10.7 Å². The van der Waals surface area contributed by atoms with Gasteiger partial charge in [-0.2, -0.15) is 5.10 Å². The Hall–Kier alpha value is -0.920. The van der Waals surface area contributed by atoms with Gasteiger partial charge in [-0.05, 0) is 42.9 Å². The molecule has 0 saturated heterocycles. The van der Waals surface area contributed by atoms with Crippen LogP contribution in [0.25, 0.3) is 0 Å². The van der Waals surface area contributed by atoms with Crippen molar-refractivity contribution in [3.05, 3.63) is 26.2 Å². The minimum Gasteiger partial charge on any atom is -0.352 e. The Bertz CT molecular complexity index is 473. The van der Waals surface area contributed by atoms with Crippen molar-refractivity contribution in [2.45, 2.75) is 45.7 Å². The lowest BCUT2D eigenvalue weighted by Gasteiger charge is -2.17. The van der Waals surface area contributed by atoms with Gasteiger partial charge in [-0.1, -0.05) is 13.3 Å². The highest BCUT2D eigenvalue weighted by molar-refractivity contribution is 14.1. The molecule has 1 aromatic heterocycles. The van der Waals surface area contributed by atoms with E-state index in [1.807, 2.05) is 29.5 Å². The van der Waals surface area contributed by atoms with Gasteiger partial charge in [-0.3, -0.25) is 9.59 Å². The number of halogens is 1. The predicted octanol–water partition coefficient (Wildman–Crippen LogP) is 1.71. The Morgan fingerprint density at radius 3 is 2.78 bits per heavy atom. The Kier molecular flexibility index (Phi) is 5.77. The lowest BCUT2D eigenvalue weighted by atomic mass is 10.2. The van der Waals surface area contributed by atoms with Crippen LogP contribution in [0.4, 0.5) is 0 Å². The molecule has 0 saturated carbocycles. The van der Waals surface area contributed by atoms with Crippen molar-refractivity contribution >= 4 is 28.5 Å². The van der Waals surface area contributed by atoms with E-state index in [4.69, 9.17) is 0 Å². The fourth-order valence-electron chi connectivity index (χ4n) is 1.67. The lowest BCUT2D eigenvalue weighted by Crippen LogP contribution is -2.40. The highest BCUT2D eigenvalue weighted by atomic mass is 127. The van der Waals surface area contributed by atoms with Gasteiger partial charge in [-0.25, -0.2) is 4.68 Å². The second-order valence-corrected chi connectivity index (χ2v) is 5.58. The molecule has 100 valence electrons. The molecule has 2 unspecified atom stereocenters. The van der Waals surface area contributed by atoms with E-state index in [-0.39, 0.29) is 17.5 Å². The summed E-state index contributed by atoms with van der Waals surface area (Å²) >= 11 is 2.02. The Morgan fingerprint density at radius 2 is 2.22 bits per heavy atom. The summed E-state index contributed by atoms with van der Waals surface area (Å²) in [5, 5.41) is 6.87. The van der Waals surface area contributed by atoms with E-state index in [1.54, 1.807) is 13.1 Å². The van der Waals surface area contributed by atoms with E-state index in [9.17, 15) is 9.59 Å². The highest BCUT2D eigenvalue weighted by Crippen LogP contribution is 2.04. The summed E-state index contributed by atoms with van der Waals surface area (Å²) in [6, 6.07) is 0.991. The van der Waals surface area contributed by atoms with E-state index in [0.717, 1.165) is 16.4 Å². The normalized spacial score (nSPS) is 14.0. The summed E-state index contributed by atoms with van der Waals surface area (Å²) in [6.45, 7) is 5.70. The largest absolute Gasteiger partial charge is 0.352 e. The van der Waals surface area contributed by atoms with E-state index >= 15 is 0 Å². The van der Waals surface area contributed by atoms with Gasteiger partial charge in [0.2, 0.25) is 5.91 Å². The van der Waals surface area contributed by atoms with Crippen LogP contribution in [0.15, 0.2) is 17.1 Å². The van der Waals surface area contributed by atoms with Crippen molar-refractivity contribution in [2.24, 2.45) is 0 Å². The first-order valence-corrected chi connectivity index (χ1v) is 7.08. The maximum absolute atomic E-state index is 12.0. The molecule has 0 aliphatic heterocycles. The lowest BCUT2D eigenvalue weighted by molar-refractivity contribution is -0.124. The van der Waals surface area contributed by atoms with E-state index in [2.05, 4.69) is 17.3 Å². The number of nitrogens with one attached hydrogen (secondary N) is 1. The third kappa shape index (κ3) is 4.08. The first-order valence-electron chi connectivity index (χ1n) is 6.00. The van der Waals surface area contributed by atoms with Crippen molar-refractivity contribution in [3.8, 4) is 0 Å². The zero-order valence-electron chi connectivity index (χ0n) is 10.8. The molecule has 0 bridgehead atoms. The SMILES string of the molecule is CCCC(C)NC(=O)C(C)n1ncc(I)cc1=O. The van der Waals surface area contributed by atoms with Crippen LogP contribution in [0.1, 0.15) is 39.7 Å². The van der Waals surface area contributed by atoms with E-state index in [0.29, 0.717) is 0 Å². The average Bonchev–Trinajstić information content (AvgIpc) is 2.28. The topological polar surface area (TPSA) is 64.0 Å². The van der Waals surface area contributed by atoms with Crippen LogP contribution in [0.3, 0.4) is 0 Å². The molecule has 1 amide bonds. The van der Waals surface area contributed by atoms with Gasteiger partial charge in [0.15, 0.2) is 0 Å². The van der Waals surface area contributed by atoms with Crippen LogP contribution < -0.4 is 10.9 Å². The Morgan fingerprint density at radius 1 is 1.56 bits per heavy atom. The molecular weight excluding hydrogens is 345 g/mol. The molecule has 0 spiro atoms. The smallest absolute Gasteiger partial charge is 0.268 e. The minimum absolute atomic E-state index is 0.115. The molecule has 0 aromatic carbocycles. The van der Waals surface area contributed by atoms with Crippen molar-refractivity contribution in [1.82, 2.24) is 15.1 Å². The van der Waals surface area contributed by atoms with Crippen LogP contribution in [-0.4, -0.2) is 21.7 Å². The Balaban J connectivity index is 2.77. The number of nitrogens with zero attached hydrogens (tertiary/aromatic N) is 2. The number of aromatic nitrogens is 2. The van der Waals surface area contributed by atoms with Crippen molar-refractivity contribution in [2.75, 3.05) is 0 Å². The maximum Gasteiger partial charge on any atom is 0.268 e. The number of rotatable bonds is 5. The number of carbonyl (C=O) groups is 1. The third-order valence-electron chi connectivity index (χ3n) is 2.65. The van der Waals surface area contributed by atoms with Crippen molar-refractivity contribution < 1.29 is 4.79 Å². The average molecular weight is 363 g/mol. The molecule has 1 N–H and O–H groups in total. The van der Waals surface area contributed by atoms with Gasteiger partial charge >= 0.3 is 0 Å². The van der Waals surface area contributed by atoms with Crippen LogP contribution in [0, 0.1) is 3.57 Å². The molecule has 0 fully saturated rings. The van der Waals surface area contributed by atoms with Crippen LogP contribution in [0.2, 0.25) is 0 Å². The van der Waals surface area contributed by atoms with Gasteiger partial charge in [0, 0.05) is 15.7 Å². The highest BCUT2D eigenvalue weighted by Gasteiger charge is 2.18. The standard InChI is InChI=1S/C12H18IN3O2/c1-4-5-8(2)15-12(18)9(3)16-11(17)6-10(13)7-14-16/h6-9H,4-5H2,1-3H3,(H,15,18).